The van der Waals surface area contributed by atoms with Crippen molar-refractivity contribution in [2.45, 2.75) is 19.8 Å². The highest BCUT2D eigenvalue weighted by Gasteiger charge is 2.26. The highest BCUT2D eigenvalue weighted by Crippen LogP contribution is 2.42. The highest BCUT2D eigenvalue weighted by molar-refractivity contribution is 6.00. The van der Waals surface area contributed by atoms with E-state index in [0.29, 0.717) is 0 Å². The van der Waals surface area contributed by atoms with Gasteiger partial charge in [-0.15, -0.1) is 0 Å². The van der Waals surface area contributed by atoms with Crippen molar-refractivity contribution in [1.82, 2.24) is 9.88 Å². The topological polar surface area (TPSA) is 19.4 Å². The molecule has 3 heteroatoms. The summed E-state index contributed by atoms with van der Waals surface area (Å²) in [5.41, 5.74) is 6.87. The van der Waals surface area contributed by atoms with Crippen LogP contribution in [0.1, 0.15) is 18.1 Å². The second-order valence-electron chi connectivity index (χ2n) is 7.38. The van der Waals surface area contributed by atoms with E-state index in [9.17, 15) is 0 Å². The Balaban J connectivity index is 1.70. The van der Waals surface area contributed by atoms with Gasteiger partial charge in [0.1, 0.15) is 5.82 Å². The second kappa shape index (κ2) is 6.40. The van der Waals surface area contributed by atoms with E-state index in [1.165, 1.54) is 33.5 Å². The van der Waals surface area contributed by atoms with Gasteiger partial charge in [0.25, 0.3) is 0 Å². The maximum atomic E-state index is 5.14. The molecule has 0 saturated carbocycles. The standard InChI is InChI=1S/C23H25N3/c1-2-25-13-15-26(16-14-25)23-20-12-11-17-7-3-4-8-18(17)22(20)19-9-5-6-10-21(19)24-23/h3-10H,2,11-16H2,1H3. The lowest BCUT2D eigenvalue weighted by atomic mass is 9.83. The van der Waals surface area contributed by atoms with Crippen LogP contribution in [-0.2, 0) is 12.8 Å². The number of anilines is 1. The van der Waals surface area contributed by atoms with E-state index < -0.39 is 0 Å². The van der Waals surface area contributed by atoms with Crippen LogP contribution in [0.4, 0.5) is 5.82 Å². The molecule has 0 N–H and O–H groups in total. The number of aromatic nitrogens is 1. The number of aryl methyl sites for hydroxylation is 1. The number of para-hydroxylation sites is 1. The lowest BCUT2D eigenvalue weighted by molar-refractivity contribution is 0.270. The van der Waals surface area contributed by atoms with Crippen LogP contribution < -0.4 is 4.90 Å². The summed E-state index contributed by atoms with van der Waals surface area (Å²) < 4.78 is 0. The molecule has 1 aliphatic carbocycles. The number of benzene rings is 2. The molecule has 26 heavy (non-hydrogen) atoms. The van der Waals surface area contributed by atoms with Gasteiger partial charge in [-0.1, -0.05) is 49.4 Å². The van der Waals surface area contributed by atoms with E-state index in [1.807, 2.05) is 0 Å². The zero-order chi connectivity index (χ0) is 17.5. The Kier molecular flexibility index (Phi) is 3.90. The van der Waals surface area contributed by atoms with Gasteiger partial charge >= 0.3 is 0 Å². The van der Waals surface area contributed by atoms with Crippen molar-refractivity contribution in [3.05, 3.63) is 59.7 Å². The fourth-order valence-electron chi connectivity index (χ4n) is 4.56. The Labute approximate surface area is 155 Å². The molecule has 2 aromatic carbocycles. The summed E-state index contributed by atoms with van der Waals surface area (Å²) in [7, 11) is 0. The minimum absolute atomic E-state index is 1.08. The monoisotopic (exact) mass is 343 g/mol. The Morgan fingerprint density at radius 2 is 1.65 bits per heavy atom. The lowest BCUT2D eigenvalue weighted by Gasteiger charge is -2.37. The van der Waals surface area contributed by atoms with Crippen molar-refractivity contribution in [2.75, 3.05) is 37.6 Å². The summed E-state index contributed by atoms with van der Waals surface area (Å²) in [5.74, 6) is 1.23. The van der Waals surface area contributed by atoms with Crippen molar-refractivity contribution >= 4 is 16.7 Å². The zero-order valence-corrected chi connectivity index (χ0v) is 15.4. The van der Waals surface area contributed by atoms with E-state index in [1.54, 1.807) is 0 Å². The van der Waals surface area contributed by atoms with Crippen LogP contribution in [0.25, 0.3) is 22.0 Å². The Bertz CT molecular complexity index is 955. The van der Waals surface area contributed by atoms with Gasteiger partial charge in [0, 0.05) is 37.1 Å². The molecular weight excluding hydrogens is 318 g/mol. The molecule has 0 atom stereocenters. The third kappa shape index (κ3) is 2.50. The van der Waals surface area contributed by atoms with E-state index >= 15 is 0 Å². The van der Waals surface area contributed by atoms with Crippen LogP contribution in [0.5, 0.6) is 0 Å². The third-order valence-corrected chi connectivity index (χ3v) is 6.02. The highest BCUT2D eigenvalue weighted by atomic mass is 15.3. The largest absolute Gasteiger partial charge is 0.354 e. The first kappa shape index (κ1) is 15.8. The average molecular weight is 343 g/mol. The molecule has 1 saturated heterocycles. The number of rotatable bonds is 2. The normalized spacial score (nSPS) is 17.2. The Morgan fingerprint density at radius 1 is 0.885 bits per heavy atom. The van der Waals surface area contributed by atoms with Crippen LogP contribution in [0.2, 0.25) is 0 Å². The number of nitrogens with zero attached hydrogens (tertiary/aromatic N) is 3. The lowest BCUT2D eigenvalue weighted by Crippen LogP contribution is -2.46. The molecule has 0 unspecified atom stereocenters. The maximum Gasteiger partial charge on any atom is 0.133 e. The van der Waals surface area contributed by atoms with Crippen molar-refractivity contribution in [1.29, 1.82) is 0 Å². The summed E-state index contributed by atoms with van der Waals surface area (Å²) in [6, 6.07) is 17.6. The number of pyridine rings is 1. The third-order valence-electron chi connectivity index (χ3n) is 6.02. The molecule has 132 valence electrons. The van der Waals surface area contributed by atoms with E-state index in [-0.39, 0.29) is 0 Å². The van der Waals surface area contributed by atoms with Crippen molar-refractivity contribution in [3.8, 4) is 11.1 Å². The molecule has 0 radical (unpaired) electrons. The molecule has 1 fully saturated rings. The summed E-state index contributed by atoms with van der Waals surface area (Å²) >= 11 is 0. The van der Waals surface area contributed by atoms with Gasteiger partial charge in [0.15, 0.2) is 0 Å². The van der Waals surface area contributed by atoms with Crippen LogP contribution >= 0.6 is 0 Å². The SMILES string of the molecule is CCN1CCN(c2nc3ccccc3c3c2CCc2ccccc2-3)CC1. The van der Waals surface area contributed by atoms with Gasteiger partial charge in [-0.25, -0.2) is 4.98 Å². The van der Waals surface area contributed by atoms with Crippen molar-refractivity contribution in [3.63, 3.8) is 0 Å². The van der Waals surface area contributed by atoms with Gasteiger partial charge in [-0.2, -0.15) is 0 Å². The number of hydrogen-bond acceptors (Lipinski definition) is 3. The quantitative estimate of drug-likeness (QED) is 0.697. The molecule has 0 spiro atoms. The van der Waals surface area contributed by atoms with Gasteiger partial charge in [0.05, 0.1) is 5.52 Å². The van der Waals surface area contributed by atoms with Crippen LogP contribution in [0.3, 0.4) is 0 Å². The molecule has 2 aliphatic rings. The van der Waals surface area contributed by atoms with Gasteiger partial charge in [-0.3, -0.25) is 0 Å². The molecule has 1 aromatic heterocycles. The van der Waals surface area contributed by atoms with Gasteiger partial charge in [-0.05, 0) is 42.1 Å². The maximum absolute atomic E-state index is 5.14. The fraction of sp³-hybridized carbons (Fsp3) is 0.348. The minimum atomic E-state index is 1.08. The Morgan fingerprint density at radius 3 is 2.50 bits per heavy atom. The molecular formula is C23H25N3. The predicted octanol–water partition coefficient (Wildman–Crippen LogP) is 4.14. The minimum Gasteiger partial charge on any atom is -0.354 e. The first-order valence-corrected chi connectivity index (χ1v) is 9.82. The summed E-state index contributed by atoms with van der Waals surface area (Å²) in [6.07, 6.45) is 2.21. The smallest absolute Gasteiger partial charge is 0.133 e. The number of fused-ring (bicyclic) bond motifs is 5. The first-order valence-electron chi connectivity index (χ1n) is 9.82. The fourth-order valence-corrected chi connectivity index (χ4v) is 4.56. The molecule has 0 bridgehead atoms. The Hall–Kier alpha value is -2.39. The van der Waals surface area contributed by atoms with Crippen LogP contribution in [-0.4, -0.2) is 42.6 Å². The van der Waals surface area contributed by atoms with Gasteiger partial charge in [0.2, 0.25) is 0 Å². The molecule has 1 aliphatic heterocycles. The number of likely N-dealkylation sites (N-methyl/N-ethyl adjacent to an activating group) is 1. The zero-order valence-electron chi connectivity index (χ0n) is 15.4. The second-order valence-corrected chi connectivity index (χ2v) is 7.38. The number of hydrogen-bond donors (Lipinski definition) is 0. The summed E-state index contributed by atoms with van der Waals surface area (Å²) in [4.78, 5) is 10.2. The van der Waals surface area contributed by atoms with E-state index in [0.717, 1.165) is 51.1 Å². The summed E-state index contributed by atoms with van der Waals surface area (Å²) in [6.45, 7) is 7.82. The predicted molar refractivity (Wildman–Crippen MR) is 109 cm³/mol. The van der Waals surface area contributed by atoms with Crippen LogP contribution in [0, 0.1) is 0 Å². The van der Waals surface area contributed by atoms with E-state index in [2.05, 4.69) is 65.3 Å². The molecule has 2 heterocycles. The van der Waals surface area contributed by atoms with Crippen molar-refractivity contribution < 1.29 is 0 Å². The molecule has 3 nitrogen and oxygen atoms in total. The first-order chi connectivity index (χ1) is 12.8. The molecule has 5 rings (SSSR count). The summed E-state index contributed by atoms with van der Waals surface area (Å²) in [5, 5.41) is 1.30. The molecule has 3 aromatic rings. The number of piperazine rings is 1. The average Bonchev–Trinajstić information content (AvgIpc) is 2.73. The van der Waals surface area contributed by atoms with Crippen LogP contribution in [0.15, 0.2) is 48.5 Å². The van der Waals surface area contributed by atoms with Gasteiger partial charge < -0.3 is 9.80 Å². The van der Waals surface area contributed by atoms with E-state index in [4.69, 9.17) is 4.98 Å². The molecule has 0 amide bonds. The van der Waals surface area contributed by atoms with Crippen molar-refractivity contribution in [2.24, 2.45) is 0 Å².